The minimum absolute atomic E-state index is 0.276. The van der Waals surface area contributed by atoms with Gasteiger partial charge in [-0.1, -0.05) is 24.4 Å². The molecule has 0 bridgehead atoms. The van der Waals surface area contributed by atoms with Crippen LogP contribution in [0.5, 0.6) is 0 Å². The van der Waals surface area contributed by atoms with Crippen LogP contribution in [0.4, 0.5) is 0 Å². The Morgan fingerprint density at radius 3 is 2.74 bits per heavy atom. The maximum atomic E-state index is 12.1. The monoisotopic (exact) mass is 302 g/mol. The summed E-state index contributed by atoms with van der Waals surface area (Å²) in [5, 5.41) is 3.55. The van der Waals surface area contributed by atoms with Crippen LogP contribution < -0.4 is 10.0 Å². The number of rotatable bonds is 7. The van der Waals surface area contributed by atoms with E-state index in [-0.39, 0.29) is 4.90 Å². The van der Waals surface area contributed by atoms with E-state index in [9.17, 15) is 8.42 Å². The summed E-state index contributed by atoms with van der Waals surface area (Å²) in [6.07, 6.45) is 3.39. The quantitative estimate of drug-likeness (QED) is 0.811. The molecule has 2 rings (SSSR count). The first kappa shape index (κ1) is 14.8. The Bertz CT molecular complexity index is 542. The minimum Gasteiger partial charge on any atom is -0.316 e. The van der Waals surface area contributed by atoms with Crippen LogP contribution in [0, 0.1) is 5.92 Å². The molecule has 1 aromatic rings. The minimum atomic E-state index is -3.42. The predicted molar refractivity (Wildman–Crippen MR) is 76.7 cm³/mol. The average Bonchev–Trinajstić information content (AvgIpc) is 3.16. The van der Waals surface area contributed by atoms with Gasteiger partial charge in [0.15, 0.2) is 0 Å². The highest BCUT2D eigenvalue weighted by molar-refractivity contribution is 7.89. The van der Waals surface area contributed by atoms with Gasteiger partial charge in [0.25, 0.3) is 0 Å². The van der Waals surface area contributed by atoms with Gasteiger partial charge in [0.2, 0.25) is 10.0 Å². The Kier molecular flexibility index (Phi) is 4.84. The summed E-state index contributed by atoms with van der Waals surface area (Å²) in [6.45, 7) is 1.06. The van der Waals surface area contributed by atoms with Gasteiger partial charge in [0, 0.05) is 18.1 Å². The SMILES string of the molecule is CNCc1cc(S(=O)(=O)NCCC2CC2)ccc1Cl. The van der Waals surface area contributed by atoms with Gasteiger partial charge in [-0.15, -0.1) is 0 Å². The van der Waals surface area contributed by atoms with Gasteiger partial charge in [0.05, 0.1) is 4.90 Å². The Morgan fingerprint density at radius 1 is 1.37 bits per heavy atom. The van der Waals surface area contributed by atoms with E-state index in [1.807, 2.05) is 0 Å². The van der Waals surface area contributed by atoms with E-state index >= 15 is 0 Å². The third-order valence-corrected chi connectivity index (χ3v) is 5.06. The summed E-state index contributed by atoms with van der Waals surface area (Å²) in [7, 11) is -1.63. The summed E-state index contributed by atoms with van der Waals surface area (Å²) >= 11 is 6.02. The topological polar surface area (TPSA) is 58.2 Å². The number of nitrogens with one attached hydrogen (secondary N) is 2. The zero-order valence-electron chi connectivity index (χ0n) is 10.9. The molecule has 0 spiro atoms. The molecule has 0 radical (unpaired) electrons. The van der Waals surface area contributed by atoms with Crippen molar-refractivity contribution in [3.63, 3.8) is 0 Å². The van der Waals surface area contributed by atoms with Crippen LogP contribution in [0.15, 0.2) is 23.1 Å². The Hall–Kier alpha value is -0.620. The molecular formula is C13H19ClN2O2S. The standard InChI is InChI=1S/C13H19ClN2O2S/c1-15-9-11-8-12(4-5-13(11)14)19(17,18)16-7-6-10-2-3-10/h4-5,8,10,15-16H,2-3,6-7,9H2,1H3. The molecule has 1 aliphatic carbocycles. The highest BCUT2D eigenvalue weighted by atomic mass is 35.5. The van der Waals surface area contributed by atoms with E-state index < -0.39 is 10.0 Å². The lowest BCUT2D eigenvalue weighted by Crippen LogP contribution is -2.25. The molecular weight excluding hydrogens is 284 g/mol. The second-order valence-electron chi connectivity index (χ2n) is 4.91. The maximum Gasteiger partial charge on any atom is 0.240 e. The summed E-state index contributed by atoms with van der Waals surface area (Å²) in [4.78, 5) is 0.276. The van der Waals surface area contributed by atoms with Gasteiger partial charge in [-0.3, -0.25) is 0 Å². The lowest BCUT2D eigenvalue weighted by atomic mass is 10.2. The molecule has 1 saturated carbocycles. The van der Waals surface area contributed by atoms with Crippen LogP contribution in [0.1, 0.15) is 24.8 Å². The predicted octanol–water partition coefficient (Wildman–Crippen LogP) is 2.14. The van der Waals surface area contributed by atoms with E-state index in [2.05, 4.69) is 10.0 Å². The molecule has 0 amide bonds. The average molecular weight is 303 g/mol. The van der Waals surface area contributed by atoms with E-state index in [0.29, 0.717) is 24.0 Å². The van der Waals surface area contributed by atoms with Crippen molar-refractivity contribution in [2.45, 2.75) is 30.7 Å². The fourth-order valence-electron chi connectivity index (χ4n) is 1.93. The Balaban J connectivity index is 2.07. The number of hydrogen-bond donors (Lipinski definition) is 2. The van der Waals surface area contributed by atoms with Gasteiger partial charge >= 0.3 is 0 Å². The summed E-state index contributed by atoms with van der Waals surface area (Å²) in [5.41, 5.74) is 0.786. The van der Waals surface area contributed by atoms with Crippen LogP contribution in [-0.2, 0) is 16.6 Å². The summed E-state index contributed by atoms with van der Waals surface area (Å²) in [6, 6.07) is 4.79. The van der Waals surface area contributed by atoms with Crippen LogP contribution >= 0.6 is 11.6 Å². The molecule has 0 heterocycles. The molecule has 1 aromatic carbocycles. The van der Waals surface area contributed by atoms with Crippen molar-refractivity contribution < 1.29 is 8.42 Å². The van der Waals surface area contributed by atoms with E-state index in [1.54, 1.807) is 25.2 Å². The van der Waals surface area contributed by atoms with Crippen molar-refractivity contribution in [2.75, 3.05) is 13.6 Å². The molecule has 1 fully saturated rings. The number of halogens is 1. The molecule has 0 aromatic heterocycles. The van der Waals surface area contributed by atoms with Crippen LogP contribution in [0.3, 0.4) is 0 Å². The molecule has 19 heavy (non-hydrogen) atoms. The van der Waals surface area contributed by atoms with Gasteiger partial charge in [-0.2, -0.15) is 0 Å². The fourth-order valence-corrected chi connectivity index (χ4v) is 3.21. The van der Waals surface area contributed by atoms with Crippen molar-refractivity contribution in [3.05, 3.63) is 28.8 Å². The second-order valence-corrected chi connectivity index (χ2v) is 7.09. The molecule has 0 saturated heterocycles. The normalized spacial score (nSPS) is 15.7. The Labute approximate surface area is 119 Å². The number of benzene rings is 1. The van der Waals surface area contributed by atoms with E-state index in [0.717, 1.165) is 12.0 Å². The van der Waals surface area contributed by atoms with Gasteiger partial charge in [0.1, 0.15) is 0 Å². The molecule has 0 atom stereocenters. The van der Waals surface area contributed by atoms with Crippen molar-refractivity contribution in [2.24, 2.45) is 5.92 Å². The van der Waals surface area contributed by atoms with Gasteiger partial charge in [-0.25, -0.2) is 13.1 Å². The molecule has 4 nitrogen and oxygen atoms in total. The lowest BCUT2D eigenvalue weighted by Gasteiger charge is -2.09. The van der Waals surface area contributed by atoms with Crippen molar-refractivity contribution in [3.8, 4) is 0 Å². The van der Waals surface area contributed by atoms with E-state index in [1.165, 1.54) is 12.8 Å². The van der Waals surface area contributed by atoms with Crippen LogP contribution in [0.2, 0.25) is 5.02 Å². The number of sulfonamides is 1. The summed E-state index contributed by atoms with van der Waals surface area (Å²) < 4.78 is 26.9. The fraction of sp³-hybridized carbons (Fsp3) is 0.538. The molecule has 106 valence electrons. The lowest BCUT2D eigenvalue weighted by molar-refractivity contribution is 0.575. The second kappa shape index (κ2) is 6.22. The van der Waals surface area contributed by atoms with Crippen molar-refractivity contribution in [1.29, 1.82) is 0 Å². The van der Waals surface area contributed by atoms with Crippen LogP contribution in [0.25, 0.3) is 0 Å². The largest absolute Gasteiger partial charge is 0.316 e. The molecule has 1 aliphatic rings. The highest BCUT2D eigenvalue weighted by Crippen LogP contribution is 2.31. The third kappa shape index (κ3) is 4.18. The first-order chi connectivity index (χ1) is 9.03. The van der Waals surface area contributed by atoms with Crippen LogP contribution in [-0.4, -0.2) is 22.0 Å². The molecule has 6 heteroatoms. The van der Waals surface area contributed by atoms with Crippen molar-refractivity contribution >= 4 is 21.6 Å². The van der Waals surface area contributed by atoms with E-state index in [4.69, 9.17) is 11.6 Å². The molecule has 0 unspecified atom stereocenters. The zero-order valence-corrected chi connectivity index (χ0v) is 12.5. The van der Waals surface area contributed by atoms with Gasteiger partial charge in [-0.05, 0) is 43.1 Å². The first-order valence-corrected chi connectivity index (χ1v) is 8.32. The first-order valence-electron chi connectivity index (χ1n) is 6.45. The summed E-state index contributed by atoms with van der Waals surface area (Å²) in [5.74, 6) is 0.716. The number of hydrogen-bond acceptors (Lipinski definition) is 3. The Morgan fingerprint density at radius 2 is 2.11 bits per heavy atom. The van der Waals surface area contributed by atoms with Crippen molar-refractivity contribution in [1.82, 2.24) is 10.0 Å². The molecule has 0 aliphatic heterocycles. The van der Waals surface area contributed by atoms with Gasteiger partial charge < -0.3 is 5.32 Å². The zero-order chi connectivity index (χ0) is 13.9. The third-order valence-electron chi connectivity index (χ3n) is 3.24. The maximum absolute atomic E-state index is 12.1. The highest BCUT2D eigenvalue weighted by Gasteiger charge is 2.22. The molecule has 2 N–H and O–H groups in total. The smallest absolute Gasteiger partial charge is 0.240 e.